The molecule has 1 aromatic rings. The van der Waals surface area contributed by atoms with Crippen molar-refractivity contribution in [2.45, 2.75) is 0 Å². The van der Waals surface area contributed by atoms with Crippen molar-refractivity contribution in [2.24, 2.45) is 5.73 Å². The van der Waals surface area contributed by atoms with Gasteiger partial charge in [-0.3, -0.25) is 9.69 Å². The number of hydrogen-bond donors (Lipinski definition) is 3. The molecular weight excluding hydrogens is 252 g/mol. The van der Waals surface area contributed by atoms with Gasteiger partial charge in [0.2, 0.25) is 0 Å². The largest absolute Gasteiger partial charge is 0.397 e. The first kappa shape index (κ1) is 13.1. The standard InChI is InChI=1S/C11H18N4O2S/c12-8-7-9(18-10(8)11(13)16)14-1-2-15-3-5-17-6-4-15/h7,14H,1-6,12H2,(H2,13,16). The number of nitrogens with one attached hydrogen (secondary N) is 1. The van der Waals surface area contributed by atoms with Gasteiger partial charge in [0.15, 0.2) is 0 Å². The molecule has 0 unspecified atom stereocenters. The zero-order valence-corrected chi connectivity index (χ0v) is 11.0. The molecule has 1 aliphatic heterocycles. The number of nitrogen functional groups attached to an aromatic ring is 1. The van der Waals surface area contributed by atoms with Crippen LogP contribution in [-0.4, -0.2) is 50.2 Å². The van der Waals surface area contributed by atoms with Crippen LogP contribution in [-0.2, 0) is 4.74 Å². The molecule has 0 bridgehead atoms. The van der Waals surface area contributed by atoms with Gasteiger partial charge in [-0.2, -0.15) is 0 Å². The Morgan fingerprint density at radius 2 is 2.22 bits per heavy atom. The molecule has 1 saturated heterocycles. The lowest BCUT2D eigenvalue weighted by atomic mass is 10.4. The third-order valence-electron chi connectivity index (χ3n) is 2.82. The van der Waals surface area contributed by atoms with Crippen molar-refractivity contribution in [3.05, 3.63) is 10.9 Å². The van der Waals surface area contributed by atoms with Gasteiger partial charge >= 0.3 is 0 Å². The normalized spacial score (nSPS) is 16.7. The second-order valence-corrected chi connectivity index (χ2v) is 5.19. The molecular formula is C11H18N4O2S. The van der Waals surface area contributed by atoms with Crippen molar-refractivity contribution >= 4 is 27.9 Å². The Morgan fingerprint density at radius 3 is 2.83 bits per heavy atom. The molecule has 5 N–H and O–H groups in total. The summed E-state index contributed by atoms with van der Waals surface area (Å²) >= 11 is 1.30. The number of morpholine rings is 1. The van der Waals surface area contributed by atoms with Gasteiger partial charge in [0.25, 0.3) is 5.91 Å². The molecule has 7 heteroatoms. The molecule has 0 spiro atoms. The van der Waals surface area contributed by atoms with Gasteiger partial charge in [-0.05, 0) is 6.07 Å². The highest BCUT2D eigenvalue weighted by molar-refractivity contribution is 7.18. The number of ether oxygens (including phenoxy) is 1. The average molecular weight is 270 g/mol. The number of thiophene rings is 1. The predicted molar refractivity (Wildman–Crippen MR) is 73.0 cm³/mol. The maximum absolute atomic E-state index is 11.1. The number of rotatable bonds is 5. The summed E-state index contributed by atoms with van der Waals surface area (Å²) in [4.78, 5) is 13.8. The van der Waals surface area contributed by atoms with E-state index in [0.717, 1.165) is 44.4 Å². The minimum absolute atomic E-state index is 0.420. The van der Waals surface area contributed by atoms with Crippen LogP contribution >= 0.6 is 11.3 Å². The number of anilines is 2. The predicted octanol–water partition coefficient (Wildman–Crippen LogP) is 0.173. The highest BCUT2D eigenvalue weighted by atomic mass is 32.1. The van der Waals surface area contributed by atoms with Crippen LogP contribution in [0.15, 0.2) is 6.07 Å². The molecule has 2 heterocycles. The lowest BCUT2D eigenvalue weighted by Crippen LogP contribution is -2.38. The van der Waals surface area contributed by atoms with E-state index in [1.54, 1.807) is 6.07 Å². The van der Waals surface area contributed by atoms with Gasteiger partial charge in [-0.1, -0.05) is 0 Å². The van der Waals surface area contributed by atoms with Crippen LogP contribution in [0.2, 0.25) is 0 Å². The molecule has 1 aliphatic rings. The lowest BCUT2D eigenvalue weighted by molar-refractivity contribution is 0.0398. The van der Waals surface area contributed by atoms with Crippen molar-refractivity contribution in [1.29, 1.82) is 0 Å². The van der Waals surface area contributed by atoms with Crippen LogP contribution in [0.3, 0.4) is 0 Å². The van der Waals surface area contributed by atoms with Crippen molar-refractivity contribution in [1.82, 2.24) is 4.90 Å². The summed E-state index contributed by atoms with van der Waals surface area (Å²) in [6.07, 6.45) is 0. The summed E-state index contributed by atoms with van der Waals surface area (Å²) in [5.41, 5.74) is 11.4. The quantitative estimate of drug-likeness (QED) is 0.709. The van der Waals surface area contributed by atoms with Gasteiger partial charge in [0.05, 0.1) is 23.9 Å². The first-order valence-corrected chi connectivity index (χ1v) is 6.71. The zero-order chi connectivity index (χ0) is 13.0. The molecule has 1 fully saturated rings. The molecule has 6 nitrogen and oxygen atoms in total. The molecule has 0 saturated carbocycles. The Morgan fingerprint density at radius 1 is 1.50 bits per heavy atom. The Kier molecular flexibility index (Phi) is 4.40. The van der Waals surface area contributed by atoms with Gasteiger partial charge < -0.3 is 21.5 Å². The van der Waals surface area contributed by atoms with Crippen LogP contribution in [0.1, 0.15) is 9.67 Å². The summed E-state index contributed by atoms with van der Waals surface area (Å²) in [5.74, 6) is -0.473. The van der Waals surface area contributed by atoms with E-state index in [1.807, 2.05) is 0 Å². The third-order valence-corrected chi connectivity index (χ3v) is 3.94. The Balaban J connectivity index is 1.79. The van der Waals surface area contributed by atoms with E-state index < -0.39 is 5.91 Å². The molecule has 100 valence electrons. The number of carbonyl (C=O) groups is 1. The van der Waals surface area contributed by atoms with Crippen LogP contribution < -0.4 is 16.8 Å². The molecule has 18 heavy (non-hydrogen) atoms. The average Bonchev–Trinajstić information content (AvgIpc) is 2.72. The van der Waals surface area contributed by atoms with Crippen molar-refractivity contribution in [2.75, 3.05) is 50.4 Å². The van der Waals surface area contributed by atoms with E-state index in [9.17, 15) is 4.79 Å². The zero-order valence-electron chi connectivity index (χ0n) is 10.1. The topological polar surface area (TPSA) is 93.6 Å². The molecule has 0 radical (unpaired) electrons. The second kappa shape index (κ2) is 6.03. The van der Waals surface area contributed by atoms with Crippen LogP contribution in [0, 0.1) is 0 Å². The summed E-state index contributed by atoms with van der Waals surface area (Å²) in [7, 11) is 0. The van der Waals surface area contributed by atoms with Gasteiger partial charge in [-0.25, -0.2) is 0 Å². The Bertz CT molecular complexity index is 415. The fourth-order valence-electron chi connectivity index (χ4n) is 1.85. The lowest BCUT2D eigenvalue weighted by Gasteiger charge is -2.26. The Hall–Kier alpha value is -1.31. The fourth-order valence-corrected chi connectivity index (χ4v) is 2.70. The fraction of sp³-hybridized carbons (Fsp3) is 0.545. The van der Waals surface area contributed by atoms with Crippen molar-refractivity contribution in [3.63, 3.8) is 0 Å². The summed E-state index contributed by atoms with van der Waals surface area (Å²) in [6.45, 7) is 5.32. The maximum Gasteiger partial charge on any atom is 0.260 e. The number of hydrogen-bond acceptors (Lipinski definition) is 6. The molecule has 0 aromatic carbocycles. The molecule has 1 amide bonds. The number of nitrogens with zero attached hydrogens (tertiary/aromatic N) is 1. The smallest absolute Gasteiger partial charge is 0.260 e. The summed E-state index contributed by atoms with van der Waals surface area (Å²) in [5, 5.41) is 4.14. The first-order valence-electron chi connectivity index (χ1n) is 5.90. The van der Waals surface area contributed by atoms with Gasteiger partial charge in [0, 0.05) is 26.2 Å². The maximum atomic E-state index is 11.1. The minimum Gasteiger partial charge on any atom is -0.397 e. The van der Waals surface area contributed by atoms with Gasteiger partial charge in [0.1, 0.15) is 4.88 Å². The molecule has 0 atom stereocenters. The number of amides is 1. The molecule has 2 rings (SSSR count). The van der Waals surface area contributed by atoms with Crippen molar-refractivity contribution < 1.29 is 9.53 Å². The minimum atomic E-state index is -0.473. The third kappa shape index (κ3) is 3.34. The van der Waals surface area contributed by atoms with Crippen LogP contribution in [0.25, 0.3) is 0 Å². The first-order chi connectivity index (χ1) is 8.66. The highest BCUT2D eigenvalue weighted by Crippen LogP contribution is 2.28. The monoisotopic (exact) mass is 270 g/mol. The van der Waals surface area contributed by atoms with E-state index in [0.29, 0.717) is 10.6 Å². The molecule has 1 aromatic heterocycles. The van der Waals surface area contributed by atoms with Crippen LogP contribution in [0.5, 0.6) is 0 Å². The van der Waals surface area contributed by atoms with E-state index >= 15 is 0 Å². The van der Waals surface area contributed by atoms with E-state index in [-0.39, 0.29) is 0 Å². The Labute approximate surface area is 110 Å². The molecule has 0 aliphatic carbocycles. The summed E-state index contributed by atoms with van der Waals surface area (Å²) < 4.78 is 5.28. The summed E-state index contributed by atoms with van der Waals surface area (Å²) in [6, 6.07) is 1.75. The van der Waals surface area contributed by atoms with E-state index in [4.69, 9.17) is 16.2 Å². The highest BCUT2D eigenvalue weighted by Gasteiger charge is 2.12. The van der Waals surface area contributed by atoms with E-state index in [2.05, 4.69) is 10.2 Å². The van der Waals surface area contributed by atoms with Crippen molar-refractivity contribution in [3.8, 4) is 0 Å². The van der Waals surface area contributed by atoms with E-state index in [1.165, 1.54) is 11.3 Å². The SMILES string of the molecule is NC(=O)c1sc(NCCN2CCOCC2)cc1N. The number of carbonyl (C=O) groups excluding carboxylic acids is 1. The number of primary amides is 1. The number of nitrogens with two attached hydrogens (primary N) is 2. The second-order valence-electron chi connectivity index (χ2n) is 4.14. The van der Waals surface area contributed by atoms with Gasteiger partial charge in [-0.15, -0.1) is 11.3 Å². The van der Waals surface area contributed by atoms with Crippen LogP contribution in [0.4, 0.5) is 10.7 Å².